The van der Waals surface area contributed by atoms with E-state index >= 15 is 0 Å². The van der Waals surface area contributed by atoms with Gasteiger partial charge in [0.1, 0.15) is 0 Å². The molecular weight excluding hydrogens is 321 g/mol. The van der Waals surface area contributed by atoms with E-state index in [1.807, 2.05) is 22.7 Å². The minimum absolute atomic E-state index is 0.742. The van der Waals surface area contributed by atoms with Crippen molar-refractivity contribution in [2.24, 2.45) is 0 Å². The number of rotatable bonds is 0. The van der Waals surface area contributed by atoms with Crippen molar-refractivity contribution in [2.45, 2.75) is 0 Å². The predicted octanol–water partition coefficient (Wildman–Crippen LogP) is 2.10. The van der Waals surface area contributed by atoms with Crippen molar-refractivity contribution in [1.82, 2.24) is 14.6 Å². The largest absolute Gasteiger partial charge is 0.276 e. The first-order chi connectivity index (χ1) is 5.27. The van der Waals surface area contributed by atoms with E-state index < -0.39 is 0 Å². The molecule has 0 fully saturated rings. The topological polar surface area (TPSA) is 30.2 Å². The van der Waals surface area contributed by atoms with Gasteiger partial charge in [-0.15, -0.1) is 10.2 Å². The van der Waals surface area contributed by atoms with Gasteiger partial charge in [-0.2, -0.15) is 0 Å². The third kappa shape index (κ3) is 1.26. The van der Waals surface area contributed by atoms with E-state index in [-0.39, 0.29) is 0 Å². The van der Waals surface area contributed by atoms with Gasteiger partial charge in [0, 0.05) is 9.77 Å². The molecule has 3 nitrogen and oxygen atoms in total. The molecule has 0 saturated heterocycles. The summed E-state index contributed by atoms with van der Waals surface area (Å²) in [5.41, 5.74) is 0.859. The molecule has 56 valence electrons. The summed E-state index contributed by atoms with van der Waals surface area (Å²) < 4.78 is 3.79. The average molecular weight is 324 g/mol. The highest BCUT2D eigenvalue weighted by atomic mass is 127. The maximum atomic E-state index is 3.92. The van der Waals surface area contributed by atoms with Crippen molar-refractivity contribution in [3.63, 3.8) is 0 Å². The number of hydrogen-bond acceptors (Lipinski definition) is 2. The molecule has 2 aromatic rings. The van der Waals surface area contributed by atoms with E-state index in [4.69, 9.17) is 0 Å². The number of halogens is 2. The Kier molecular flexibility index (Phi) is 1.84. The van der Waals surface area contributed by atoms with Gasteiger partial charge in [-0.05, 0) is 50.7 Å². The zero-order valence-corrected chi connectivity index (χ0v) is 9.07. The summed E-state index contributed by atoms with van der Waals surface area (Å²) in [6.07, 6.45) is 1.97. The molecule has 0 aromatic carbocycles. The molecule has 0 aliphatic rings. The summed E-state index contributed by atoms with van der Waals surface area (Å²) in [5, 5.41) is 7.79. The van der Waals surface area contributed by atoms with Crippen LogP contribution in [0.15, 0.2) is 23.1 Å². The second kappa shape index (κ2) is 2.71. The summed E-state index contributed by atoms with van der Waals surface area (Å²) in [5.74, 6) is 0. The highest BCUT2D eigenvalue weighted by molar-refractivity contribution is 14.1. The van der Waals surface area contributed by atoms with Gasteiger partial charge < -0.3 is 0 Å². The Morgan fingerprint density at radius 1 is 1.36 bits per heavy atom. The lowest BCUT2D eigenvalue weighted by Crippen LogP contribution is -1.84. The SMILES string of the molecule is Brc1nnc2ccc(I)cn12. The van der Waals surface area contributed by atoms with Crippen LogP contribution in [0.2, 0.25) is 0 Å². The summed E-state index contributed by atoms with van der Waals surface area (Å²) in [4.78, 5) is 0. The number of nitrogens with zero attached hydrogens (tertiary/aromatic N) is 3. The Morgan fingerprint density at radius 2 is 2.18 bits per heavy atom. The van der Waals surface area contributed by atoms with Gasteiger partial charge in [-0.1, -0.05) is 0 Å². The minimum Gasteiger partial charge on any atom is -0.276 e. The number of fused-ring (bicyclic) bond motifs is 1. The zero-order chi connectivity index (χ0) is 7.84. The van der Waals surface area contributed by atoms with Crippen molar-refractivity contribution < 1.29 is 0 Å². The summed E-state index contributed by atoms with van der Waals surface area (Å²) >= 11 is 5.53. The molecule has 0 radical (unpaired) electrons. The van der Waals surface area contributed by atoms with E-state index in [0.29, 0.717) is 0 Å². The van der Waals surface area contributed by atoms with Crippen LogP contribution in [0.4, 0.5) is 0 Å². The van der Waals surface area contributed by atoms with E-state index in [2.05, 4.69) is 48.7 Å². The second-order valence-corrected chi connectivity index (χ2v) is 4.00. The van der Waals surface area contributed by atoms with Crippen molar-refractivity contribution in [3.05, 3.63) is 26.6 Å². The van der Waals surface area contributed by atoms with Gasteiger partial charge in [0.25, 0.3) is 0 Å². The molecule has 0 saturated carbocycles. The fourth-order valence-corrected chi connectivity index (χ4v) is 1.66. The standard InChI is InChI=1S/C6H3BrIN3/c7-6-10-9-5-2-1-4(8)3-11(5)6/h1-3H. The van der Waals surface area contributed by atoms with Gasteiger partial charge >= 0.3 is 0 Å². The van der Waals surface area contributed by atoms with E-state index in [0.717, 1.165) is 14.0 Å². The first kappa shape index (κ1) is 7.48. The van der Waals surface area contributed by atoms with Gasteiger partial charge in [-0.25, -0.2) is 0 Å². The highest BCUT2D eigenvalue weighted by Gasteiger charge is 1.99. The third-order valence-corrected chi connectivity index (χ3v) is 2.50. The van der Waals surface area contributed by atoms with Crippen LogP contribution < -0.4 is 0 Å². The van der Waals surface area contributed by atoms with Crippen LogP contribution in [0.5, 0.6) is 0 Å². The van der Waals surface area contributed by atoms with Crippen LogP contribution >= 0.6 is 38.5 Å². The number of hydrogen-bond donors (Lipinski definition) is 0. The van der Waals surface area contributed by atoms with Gasteiger partial charge in [0.15, 0.2) is 5.65 Å². The zero-order valence-electron chi connectivity index (χ0n) is 5.33. The summed E-state index contributed by atoms with van der Waals surface area (Å²) in [6, 6.07) is 3.93. The highest BCUT2D eigenvalue weighted by Crippen LogP contribution is 2.12. The Morgan fingerprint density at radius 3 is 3.00 bits per heavy atom. The third-order valence-electron chi connectivity index (χ3n) is 1.32. The van der Waals surface area contributed by atoms with Gasteiger partial charge in [0.2, 0.25) is 4.73 Å². The smallest absolute Gasteiger partial charge is 0.204 e. The molecule has 0 bridgehead atoms. The fraction of sp³-hybridized carbons (Fsp3) is 0. The Labute approximate surface area is 85.1 Å². The Balaban J connectivity index is 2.87. The first-order valence-electron chi connectivity index (χ1n) is 2.93. The Bertz CT molecular complexity index is 398. The molecule has 0 aliphatic carbocycles. The molecular formula is C6H3BrIN3. The van der Waals surface area contributed by atoms with E-state index in [1.165, 1.54) is 0 Å². The summed E-state index contributed by atoms with van der Waals surface area (Å²) in [7, 11) is 0. The van der Waals surface area contributed by atoms with Crippen LogP contribution in [0, 0.1) is 3.57 Å². The van der Waals surface area contributed by atoms with Gasteiger partial charge in [0.05, 0.1) is 0 Å². The minimum atomic E-state index is 0.742. The number of aromatic nitrogens is 3. The van der Waals surface area contributed by atoms with E-state index in [1.54, 1.807) is 0 Å². The molecule has 0 unspecified atom stereocenters. The average Bonchev–Trinajstić information content (AvgIpc) is 2.33. The number of pyridine rings is 1. The lowest BCUT2D eigenvalue weighted by Gasteiger charge is -1.92. The van der Waals surface area contributed by atoms with Crippen LogP contribution in [0.3, 0.4) is 0 Å². The molecule has 2 aromatic heterocycles. The molecule has 0 aliphatic heterocycles. The monoisotopic (exact) mass is 323 g/mol. The maximum Gasteiger partial charge on any atom is 0.204 e. The molecule has 0 atom stereocenters. The van der Waals surface area contributed by atoms with Crippen molar-refractivity contribution >= 4 is 44.2 Å². The molecule has 2 heterocycles. The molecule has 0 N–H and O–H groups in total. The van der Waals surface area contributed by atoms with Gasteiger partial charge in [-0.3, -0.25) is 4.40 Å². The lowest BCUT2D eigenvalue weighted by atomic mass is 10.5. The molecule has 2 rings (SSSR count). The predicted molar refractivity (Wildman–Crippen MR) is 53.4 cm³/mol. The quantitative estimate of drug-likeness (QED) is 0.695. The van der Waals surface area contributed by atoms with Crippen molar-refractivity contribution in [2.75, 3.05) is 0 Å². The lowest BCUT2D eigenvalue weighted by molar-refractivity contribution is 1.05. The van der Waals surface area contributed by atoms with Crippen LogP contribution in [-0.2, 0) is 0 Å². The normalized spacial score (nSPS) is 10.7. The molecule has 0 amide bonds. The Hall–Kier alpha value is -0.170. The fourth-order valence-electron chi connectivity index (χ4n) is 0.837. The molecule has 5 heteroatoms. The van der Waals surface area contributed by atoms with Crippen molar-refractivity contribution in [1.29, 1.82) is 0 Å². The van der Waals surface area contributed by atoms with E-state index in [9.17, 15) is 0 Å². The molecule has 0 spiro atoms. The van der Waals surface area contributed by atoms with Crippen LogP contribution in [0.1, 0.15) is 0 Å². The van der Waals surface area contributed by atoms with Crippen molar-refractivity contribution in [3.8, 4) is 0 Å². The molecule has 11 heavy (non-hydrogen) atoms. The second-order valence-electron chi connectivity index (χ2n) is 2.04. The summed E-state index contributed by atoms with van der Waals surface area (Å²) in [6.45, 7) is 0. The maximum absolute atomic E-state index is 3.92. The van der Waals surface area contributed by atoms with Crippen LogP contribution in [-0.4, -0.2) is 14.6 Å². The first-order valence-corrected chi connectivity index (χ1v) is 4.80. The van der Waals surface area contributed by atoms with Crippen LogP contribution in [0.25, 0.3) is 5.65 Å².